The van der Waals surface area contributed by atoms with Gasteiger partial charge in [0.2, 0.25) is 0 Å². The number of hydrogen-bond acceptors (Lipinski definition) is 6. The number of methoxy groups -OCH3 is 1. The van der Waals surface area contributed by atoms with E-state index in [9.17, 15) is 23.7 Å². The van der Waals surface area contributed by atoms with Crippen molar-refractivity contribution in [3.05, 3.63) is 52.2 Å². The number of carbonyl (C=O) groups is 1. The van der Waals surface area contributed by atoms with E-state index in [4.69, 9.17) is 4.74 Å². The molecule has 0 fully saturated rings. The van der Waals surface area contributed by atoms with Gasteiger partial charge in [0, 0.05) is 29.3 Å². The molecule has 3 rings (SSSR count). The number of anilines is 1. The summed E-state index contributed by atoms with van der Waals surface area (Å²) in [6.07, 6.45) is 0. The van der Waals surface area contributed by atoms with Crippen LogP contribution < -0.4 is 14.8 Å². The monoisotopic (exact) mass is 378 g/mol. The average Bonchev–Trinajstić information content (AvgIpc) is 3.04. The van der Waals surface area contributed by atoms with E-state index in [2.05, 4.69) is 20.3 Å². The third-order valence-electron chi connectivity index (χ3n) is 3.61. The Balaban J connectivity index is 1.90. The van der Waals surface area contributed by atoms with Gasteiger partial charge in [-0.1, -0.05) is 0 Å². The Labute approximate surface area is 150 Å². The van der Waals surface area contributed by atoms with E-state index < -0.39 is 17.4 Å². The van der Waals surface area contributed by atoms with E-state index in [1.165, 1.54) is 43.5 Å². The molecule has 0 aliphatic carbocycles. The molecule has 0 radical (unpaired) electrons. The highest BCUT2D eigenvalue weighted by Crippen LogP contribution is 2.32. The quantitative estimate of drug-likeness (QED) is 0.501. The number of aromatic amines is 1. The minimum absolute atomic E-state index is 0.0640. The molecule has 0 aliphatic rings. The van der Waals surface area contributed by atoms with Crippen LogP contribution in [-0.2, 0) is 0 Å². The Morgan fingerprint density at radius 2 is 2.04 bits per heavy atom. The number of nitro benzene ring substituents is 1. The van der Waals surface area contributed by atoms with E-state index in [-0.39, 0.29) is 34.0 Å². The van der Waals surface area contributed by atoms with Crippen molar-refractivity contribution < 1.29 is 28.0 Å². The minimum atomic E-state index is -3.07. The molecular weight excluding hydrogens is 366 g/mol. The van der Waals surface area contributed by atoms with Crippen LogP contribution in [-0.4, -0.2) is 34.7 Å². The van der Waals surface area contributed by atoms with Crippen LogP contribution in [0.5, 0.6) is 11.5 Å². The second-order valence-electron chi connectivity index (χ2n) is 5.26. The van der Waals surface area contributed by atoms with Crippen LogP contribution in [0, 0.1) is 10.1 Å². The number of rotatable bonds is 6. The maximum Gasteiger partial charge on any atom is 0.387 e. The standard InChI is InChI=1S/C16H12F2N4O5/c1-26-12-5-2-8(6-13(12)27-16(17)18)19-15(23)14-10-7-9(22(24)25)3-4-11(10)20-21-14/h2-7,16H,1H3,(H,19,23)(H,20,21). The molecule has 1 amide bonds. The van der Waals surface area contributed by atoms with Crippen LogP contribution in [0.15, 0.2) is 36.4 Å². The molecule has 0 spiro atoms. The molecular formula is C16H12F2N4O5. The van der Waals surface area contributed by atoms with Gasteiger partial charge >= 0.3 is 6.61 Å². The van der Waals surface area contributed by atoms with Crippen molar-refractivity contribution in [2.45, 2.75) is 6.61 Å². The normalized spacial score (nSPS) is 10.8. The second kappa shape index (κ2) is 7.23. The summed E-state index contributed by atoms with van der Waals surface area (Å²) in [4.78, 5) is 22.8. The zero-order chi connectivity index (χ0) is 19.6. The average molecular weight is 378 g/mol. The smallest absolute Gasteiger partial charge is 0.387 e. The lowest BCUT2D eigenvalue weighted by Gasteiger charge is -2.12. The van der Waals surface area contributed by atoms with Crippen molar-refractivity contribution in [3.63, 3.8) is 0 Å². The van der Waals surface area contributed by atoms with Crippen LogP contribution in [0.3, 0.4) is 0 Å². The molecule has 3 aromatic rings. The number of fused-ring (bicyclic) bond motifs is 1. The van der Waals surface area contributed by atoms with E-state index in [0.717, 1.165) is 0 Å². The number of carbonyl (C=O) groups excluding carboxylic acids is 1. The number of nitrogens with zero attached hydrogens (tertiary/aromatic N) is 2. The molecule has 1 heterocycles. The number of ether oxygens (including phenoxy) is 2. The molecule has 0 unspecified atom stereocenters. The first-order valence-corrected chi connectivity index (χ1v) is 7.45. The highest BCUT2D eigenvalue weighted by Gasteiger charge is 2.18. The maximum atomic E-state index is 12.5. The molecule has 2 aromatic carbocycles. The molecule has 9 nitrogen and oxygen atoms in total. The lowest BCUT2D eigenvalue weighted by atomic mass is 10.2. The van der Waals surface area contributed by atoms with Crippen molar-refractivity contribution >= 4 is 28.2 Å². The van der Waals surface area contributed by atoms with Crippen molar-refractivity contribution in [1.29, 1.82) is 0 Å². The first-order valence-electron chi connectivity index (χ1n) is 7.45. The number of benzene rings is 2. The molecule has 0 saturated heterocycles. The topological polar surface area (TPSA) is 119 Å². The number of halogens is 2. The van der Waals surface area contributed by atoms with Gasteiger partial charge in [0.15, 0.2) is 17.2 Å². The van der Waals surface area contributed by atoms with Gasteiger partial charge in [0.1, 0.15) is 0 Å². The number of nitrogens with one attached hydrogen (secondary N) is 2. The summed E-state index contributed by atoms with van der Waals surface area (Å²) < 4.78 is 34.3. The van der Waals surface area contributed by atoms with Crippen LogP contribution >= 0.6 is 0 Å². The van der Waals surface area contributed by atoms with E-state index >= 15 is 0 Å². The largest absolute Gasteiger partial charge is 0.493 e. The van der Waals surface area contributed by atoms with Gasteiger partial charge in [-0.25, -0.2) is 0 Å². The Morgan fingerprint density at radius 1 is 1.26 bits per heavy atom. The van der Waals surface area contributed by atoms with Crippen LogP contribution in [0.2, 0.25) is 0 Å². The number of H-pyrrole nitrogens is 1. The molecule has 0 atom stereocenters. The summed E-state index contributed by atoms with van der Waals surface area (Å²) in [6, 6.07) is 7.86. The molecule has 0 saturated carbocycles. The fourth-order valence-corrected chi connectivity index (χ4v) is 2.42. The second-order valence-corrected chi connectivity index (χ2v) is 5.26. The van der Waals surface area contributed by atoms with Gasteiger partial charge in [0.05, 0.1) is 17.5 Å². The predicted molar refractivity (Wildman–Crippen MR) is 90.3 cm³/mol. The van der Waals surface area contributed by atoms with E-state index in [0.29, 0.717) is 5.52 Å². The zero-order valence-electron chi connectivity index (χ0n) is 13.7. The van der Waals surface area contributed by atoms with Crippen molar-refractivity contribution in [2.24, 2.45) is 0 Å². The number of non-ortho nitro benzene ring substituents is 1. The molecule has 2 N–H and O–H groups in total. The van der Waals surface area contributed by atoms with Gasteiger partial charge in [0.25, 0.3) is 11.6 Å². The van der Waals surface area contributed by atoms with Crippen molar-refractivity contribution in [3.8, 4) is 11.5 Å². The highest BCUT2D eigenvalue weighted by atomic mass is 19.3. The van der Waals surface area contributed by atoms with Gasteiger partial charge in [-0.15, -0.1) is 0 Å². The van der Waals surface area contributed by atoms with Gasteiger partial charge < -0.3 is 14.8 Å². The Kier molecular flexibility index (Phi) is 4.83. The lowest BCUT2D eigenvalue weighted by Crippen LogP contribution is -2.13. The number of alkyl halides is 2. The number of aromatic nitrogens is 2. The fourth-order valence-electron chi connectivity index (χ4n) is 2.42. The molecule has 0 aliphatic heterocycles. The summed E-state index contributed by atoms with van der Waals surface area (Å²) in [5, 5.41) is 20.1. The third kappa shape index (κ3) is 3.76. The SMILES string of the molecule is COc1ccc(NC(=O)c2n[nH]c3ccc([N+](=O)[O-])cc23)cc1OC(F)F. The summed E-state index contributed by atoms with van der Waals surface area (Å²) in [5.41, 5.74) is 0.302. The third-order valence-corrected chi connectivity index (χ3v) is 3.61. The summed E-state index contributed by atoms with van der Waals surface area (Å²) in [7, 11) is 1.29. The molecule has 140 valence electrons. The Morgan fingerprint density at radius 3 is 2.70 bits per heavy atom. The van der Waals surface area contributed by atoms with Crippen molar-refractivity contribution in [2.75, 3.05) is 12.4 Å². The van der Waals surface area contributed by atoms with Crippen LogP contribution in [0.1, 0.15) is 10.5 Å². The highest BCUT2D eigenvalue weighted by molar-refractivity contribution is 6.11. The Bertz CT molecular complexity index is 1020. The molecule has 27 heavy (non-hydrogen) atoms. The zero-order valence-corrected chi connectivity index (χ0v) is 13.7. The summed E-state index contributed by atoms with van der Waals surface area (Å²) in [5.74, 6) is -0.878. The maximum absolute atomic E-state index is 12.5. The molecule has 1 aromatic heterocycles. The van der Waals surface area contributed by atoms with E-state index in [1.807, 2.05) is 0 Å². The predicted octanol–water partition coefficient (Wildman–Crippen LogP) is 3.33. The van der Waals surface area contributed by atoms with E-state index in [1.54, 1.807) is 0 Å². The molecule has 11 heteroatoms. The summed E-state index contributed by atoms with van der Waals surface area (Å²) >= 11 is 0. The van der Waals surface area contributed by atoms with Crippen LogP contribution in [0.25, 0.3) is 10.9 Å². The fraction of sp³-hybridized carbons (Fsp3) is 0.125. The number of hydrogen-bond donors (Lipinski definition) is 2. The van der Waals surface area contributed by atoms with Gasteiger partial charge in [-0.05, 0) is 18.2 Å². The van der Waals surface area contributed by atoms with Gasteiger partial charge in [-0.2, -0.15) is 13.9 Å². The number of amides is 1. The first-order chi connectivity index (χ1) is 12.9. The number of nitro groups is 1. The first kappa shape index (κ1) is 18.0. The van der Waals surface area contributed by atoms with Gasteiger partial charge in [-0.3, -0.25) is 20.0 Å². The summed E-state index contributed by atoms with van der Waals surface area (Å²) in [6.45, 7) is -3.07. The molecule has 0 bridgehead atoms. The Hall–Kier alpha value is -3.76. The van der Waals surface area contributed by atoms with Crippen molar-refractivity contribution in [1.82, 2.24) is 10.2 Å². The van der Waals surface area contributed by atoms with Crippen LogP contribution in [0.4, 0.5) is 20.2 Å². The lowest BCUT2D eigenvalue weighted by molar-refractivity contribution is -0.384. The minimum Gasteiger partial charge on any atom is -0.493 e.